The van der Waals surface area contributed by atoms with Crippen molar-refractivity contribution in [1.82, 2.24) is 0 Å². The molecule has 0 spiro atoms. The van der Waals surface area contributed by atoms with E-state index in [-0.39, 0.29) is 0 Å². The van der Waals surface area contributed by atoms with Gasteiger partial charge in [0.1, 0.15) is 0 Å². The second-order valence-corrected chi connectivity index (χ2v) is 4.02. The van der Waals surface area contributed by atoms with Crippen molar-refractivity contribution in [2.24, 2.45) is 0 Å². The van der Waals surface area contributed by atoms with Gasteiger partial charge in [0.15, 0.2) is 0 Å². The van der Waals surface area contributed by atoms with Crippen molar-refractivity contribution < 1.29 is 59.6 Å². The summed E-state index contributed by atoms with van der Waals surface area (Å²) in [7, 11) is 0. The maximum atomic E-state index is 9.29. The van der Waals surface area contributed by atoms with E-state index < -0.39 is 23.9 Å². The molecule has 0 bridgehead atoms. The number of carbonyl (C=O) groups is 2. The highest BCUT2D eigenvalue weighted by Crippen LogP contribution is 2.22. The Bertz CT molecular complexity index is 290. The minimum Gasteiger partial charge on any atom is -0.447 e. The van der Waals surface area contributed by atoms with Gasteiger partial charge in [-0.1, -0.05) is 13.8 Å². The molecule has 22 heavy (non-hydrogen) atoms. The third-order valence-electron chi connectivity index (χ3n) is 2.25. The molecule has 0 aliphatic heterocycles. The largest absolute Gasteiger partial charge is 0.547 e. The molecule has 0 aromatic carbocycles. The fourth-order valence-corrected chi connectivity index (χ4v) is 0.525. The van der Waals surface area contributed by atoms with Crippen LogP contribution in [0.5, 0.6) is 0 Å². The lowest BCUT2D eigenvalue weighted by molar-refractivity contribution is -0.566. The zero-order valence-electron chi connectivity index (χ0n) is 12.5. The van der Waals surface area contributed by atoms with Crippen LogP contribution in [-0.4, -0.2) is 44.6 Å². The van der Waals surface area contributed by atoms with E-state index in [9.17, 15) is 9.59 Å². The topological polar surface area (TPSA) is 170 Å². The molecule has 12 heteroatoms. The van der Waals surface area contributed by atoms with Crippen LogP contribution < -0.4 is 0 Å². The highest BCUT2D eigenvalue weighted by molar-refractivity contribution is 5.60. The Morgan fingerprint density at radius 3 is 1.23 bits per heavy atom. The molecule has 0 saturated carbocycles. The van der Waals surface area contributed by atoms with Crippen LogP contribution in [0.1, 0.15) is 40.5 Å². The SMILES string of the molecule is CCC(C)(OO)OOC(C)(CC)OO.O=C(O)OOC(=O)O. The van der Waals surface area contributed by atoms with Crippen LogP contribution in [0, 0.1) is 0 Å². The fraction of sp³-hybridized carbons (Fsp3) is 0.800. The van der Waals surface area contributed by atoms with E-state index in [0.29, 0.717) is 12.8 Å². The summed E-state index contributed by atoms with van der Waals surface area (Å²) in [6, 6.07) is 0. The van der Waals surface area contributed by atoms with Gasteiger partial charge in [-0.25, -0.2) is 39.7 Å². The van der Waals surface area contributed by atoms with Gasteiger partial charge in [-0.3, -0.25) is 0 Å². The Morgan fingerprint density at radius 2 is 1.09 bits per heavy atom. The smallest absolute Gasteiger partial charge is 0.447 e. The molecular formula is C10H20O12. The van der Waals surface area contributed by atoms with E-state index >= 15 is 0 Å². The second kappa shape index (κ2) is 10.9. The molecule has 0 saturated heterocycles. The first kappa shape index (κ1) is 22.6. The molecule has 0 fully saturated rings. The Labute approximate surface area is 125 Å². The molecular weight excluding hydrogens is 312 g/mol. The van der Waals surface area contributed by atoms with E-state index in [1.807, 2.05) is 0 Å². The standard InChI is InChI=1S/C8H18O6.C2H2O6/c1-5-7(3,11-9)13-14-8(4,6-2)12-10;3-1(4)7-8-2(5)6/h9-10H,5-6H2,1-4H3;(H,3,4)(H,5,6). The monoisotopic (exact) mass is 332 g/mol. The molecule has 0 aliphatic rings. The number of carboxylic acid groups (broad SMARTS) is 2. The van der Waals surface area contributed by atoms with Crippen LogP contribution in [-0.2, 0) is 29.3 Å². The summed E-state index contributed by atoms with van der Waals surface area (Å²) in [5.41, 5.74) is 0. The third-order valence-corrected chi connectivity index (χ3v) is 2.25. The van der Waals surface area contributed by atoms with Crippen molar-refractivity contribution in [3.63, 3.8) is 0 Å². The fourth-order valence-electron chi connectivity index (χ4n) is 0.525. The zero-order chi connectivity index (χ0) is 17.8. The highest BCUT2D eigenvalue weighted by atomic mass is 17.3. The van der Waals surface area contributed by atoms with E-state index in [1.165, 1.54) is 13.8 Å². The van der Waals surface area contributed by atoms with Crippen LogP contribution in [0.4, 0.5) is 9.59 Å². The normalized spacial score (nSPS) is 15.5. The molecule has 12 nitrogen and oxygen atoms in total. The minimum atomic E-state index is -1.80. The van der Waals surface area contributed by atoms with Crippen LogP contribution in [0.25, 0.3) is 0 Å². The second-order valence-electron chi connectivity index (χ2n) is 4.02. The summed E-state index contributed by atoms with van der Waals surface area (Å²) >= 11 is 0. The summed E-state index contributed by atoms with van der Waals surface area (Å²) < 4.78 is 0. The number of hydrogen-bond acceptors (Lipinski definition) is 10. The molecule has 0 amide bonds. The van der Waals surface area contributed by atoms with E-state index in [2.05, 4.69) is 19.6 Å². The molecule has 2 unspecified atom stereocenters. The van der Waals surface area contributed by atoms with Crippen molar-refractivity contribution in [3.05, 3.63) is 0 Å². The van der Waals surface area contributed by atoms with Gasteiger partial charge in [-0.2, -0.15) is 9.78 Å². The van der Waals surface area contributed by atoms with Crippen molar-refractivity contribution in [2.45, 2.75) is 52.1 Å². The summed E-state index contributed by atoms with van der Waals surface area (Å²) in [5, 5.41) is 32.1. The van der Waals surface area contributed by atoms with Gasteiger partial charge in [0.2, 0.25) is 11.6 Å². The lowest BCUT2D eigenvalue weighted by Crippen LogP contribution is -2.38. The molecule has 2 atom stereocenters. The van der Waals surface area contributed by atoms with Gasteiger partial charge in [0.05, 0.1) is 0 Å². The molecule has 0 rings (SSSR count). The van der Waals surface area contributed by atoms with Gasteiger partial charge in [0, 0.05) is 12.8 Å². The minimum absolute atomic E-state index is 0.370. The Kier molecular flexibility index (Phi) is 11.2. The van der Waals surface area contributed by atoms with Gasteiger partial charge in [-0.05, 0) is 13.8 Å². The average Bonchev–Trinajstić information content (AvgIpc) is 2.51. The molecule has 4 N–H and O–H groups in total. The van der Waals surface area contributed by atoms with Gasteiger partial charge in [0.25, 0.3) is 0 Å². The van der Waals surface area contributed by atoms with E-state index in [0.717, 1.165) is 0 Å². The van der Waals surface area contributed by atoms with Crippen LogP contribution >= 0.6 is 0 Å². The van der Waals surface area contributed by atoms with E-state index in [1.54, 1.807) is 13.8 Å². The Hall–Kier alpha value is -1.70. The molecule has 0 aliphatic carbocycles. The van der Waals surface area contributed by atoms with E-state index in [4.69, 9.17) is 30.5 Å². The molecule has 0 heterocycles. The number of rotatable bonds is 7. The Balaban J connectivity index is 0. The summed E-state index contributed by atoms with van der Waals surface area (Å²) in [6.07, 6.45) is -2.86. The first-order chi connectivity index (χ1) is 10.1. The lowest BCUT2D eigenvalue weighted by Gasteiger charge is -2.29. The maximum absolute atomic E-state index is 9.29. The predicted octanol–water partition coefficient (Wildman–Crippen LogP) is 2.46. The van der Waals surface area contributed by atoms with Gasteiger partial charge < -0.3 is 10.2 Å². The predicted molar refractivity (Wildman–Crippen MR) is 65.2 cm³/mol. The Morgan fingerprint density at radius 1 is 0.818 bits per heavy atom. The molecule has 132 valence electrons. The van der Waals surface area contributed by atoms with Crippen LogP contribution in [0.15, 0.2) is 0 Å². The van der Waals surface area contributed by atoms with Crippen LogP contribution in [0.3, 0.4) is 0 Å². The molecule has 0 aromatic heterocycles. The van der Waals surface area contributed by atoms with Crippen LogP contribution in [0.2, 0.25) is 0 Å². The number of hydrogen-bond donors (Lipinski definition) is 4. The quantitative estimate of drug-likeness (QED) is 0.305. The van der Waals surface area contributed by atoms with Crippen molar-refractivity contribution >= 4 is 12.3 Å². The maximum Gasteiger partial charge on any atom is 0.547 e. The van der Waals surface area contributed by atoms with Gasteiger partial charge in [-0.15, -0.1) is 0 Å². The summed E-state index contributed by atoms with van der Waals surface area (Å²) in [6.45, 7) is 6.45. The van der Waals surface area contributed by atoms with Gasteiger partial charge >= 0.3 is 12.3 Å². The first-order valence-electron chi connectivity index (χ1n) is 5.90. The lowest BCUT2D eigenvalue weighted by atomic mass is 10.2. The highest BCUT2D eigenvalue weighted by Gasteiger charge is 2.33. The summed E-state index contributed by atoms with van der Waals surface area (Å²) in [5.74, 6) is -2.54. The van der Waals surface area contributed by atoms with Crippen molar-refractivity contribution in [3.8, 4) is 0 Å². The molecule has 0 aromatic rings. The van der Waals surface area contributed by atoms with Crippen molar-refractivity contribution in [1.29, 1.82) is 0 Å². The summed E-state index contributed by atoms with van der Waals surface area (Å²) in [4.78, 5) is 42.6. The average molecular weight is 332 g/mol. The third kappa shape index (κ3) is 11.0. The van der Waals surface area contributed by atoms with Crippen molar-refractivity contribution in [2.75, 3.05) is 0 Å². The zero-order valence-corrected chi connectivity index (χ0v) is 12.5. The molecule has 0 radical (unpaired) electrons. The first-order valence-corrected chi connectivity index (χ1v) is 5.90.